The molecule has 2 heteroatoms. The van der Waals surface area contributed by atoms with Crippen molar-refractivity contribution in [3.63, 3.8) is 0 Å². The normalized spacial score (nSPS) is 14.8. The Morgan fingerprint density at radius 2 is 1.62 bits per heavy atom. The van der Waals surface area contributed by atoms with Crippen molar-refractivity contribution in [3.05, 3.63) is 0 Å². The van der Waals surface area contributed by atoms with Crippen LogP contribution >= 0.6 is 0 Å². The third kappa shape index (κ3) is 7.03. The van der Waals surface area contributed by atoms with E-state index in [9.17, 15) is 0 Å². The molecule has 0 aromatic heterocycles. The Bertz CT molecular complexity index is 96.1. The van der Waals surface area contributed by atoms with Gasteiger partial charge in [-0.1, -0.05) is 20.8 Å². The smallest absolute Gasteiger partial charge is 0.0699 e. The second-order valence-electron chi connectivity index (χ2n) is 2.97. The van der Waals surface area contributed by atoms with Gasteiger partial charge in [0.15, 0.2) is 0 Å². The fraction of sp³-hybridized carbons (Fsp3) is 1.00. The summed E-state index contributed by atoms with van der Waals surface area (Å²) in [6.07, 6.45) is 0.338. The van der Waals surface area contributed by atoms with E-state index in [0.717, 1.165) is 13.2 Å². The van der Waals surface area contributed by atoms with Crippen molar-refractivity contribution in [3.8, 4) is 0 Å². The molecule has 0 aromatic rings. The van der Waals surface area contributed by atoms with Gasteiger partial charge in [0.1, 0.15) is 0 Å². The summed E-state index contributed by atoms with van der Waals surface area (Å²) in [5.74, 6) is 0. The minimum Gasteiger partial charge on any atom is -0.377 e. The molecule has 0 saturated carbocycles. The summed E-state index contributed by atoms with van der Waals surface area (Å²) in [5, 5.41) is 0. The Kier molecular flexibility index (Phi) is 11.8. The highest BCUT2D eigenvalue weighted by Crippen LogP contribution is 2.04. The van der Waals surface area contributed by atoms with Crippen molar-refractivity contribution in [2.75, 3.05) is 20.2 Å². The van der Waals surface area contributed by atoms with E-state index in [1.165, 1.54) is 0 Å². The van der Waals surface area contributed by atoms with Crippen LogP contribution in [0.25, 0.3) is 0 Å². The van der Waals surface area contributed by atoms with Crippen molar-refractivity contribution in [2.45, 2.75) is 53.7 Å². The number of hydrogen-bond donors (Lipinski definition) is 0. The Morgan fingerprint density at radius 3 is 1.92 bits per heavy atom. The SMILES string of the molecule is CC.CCOC(C)C(C)N(C)CC. The first-order valence-electron chi connectivity index (χ1n) is 5.45. The lowest BCUT2D eigenvalue weighted by molar-refractivity contribution is 0.0182. The van der Waals surface area contributed by atoms with Crippen LogP contribution in [0.4, 0.5) is 0 Å². The highest BCUT2D eigenvalue weighted by molar-refractivity contribution is 4.68. The second kappa shape index (κ2) is 10.0. The molecule has 0 amide bonds. The molecule has 0 spiro atoms. The molecule has 0 bridgehead atoms. The summed E-state index contributed by atoms with van der Waals surface area (Å²) in [6, 6.07) is 0.514. The standard InChI is InChI=1S/C9H21NO.C2H6/c1-6-10(5)8(3)9(4)11-7-2;1-2/h8-9H,6-7H2,1-5H3;1-2H3. The molecule has 0 aliphatic carbocycles. The van der Waals surface area contributed by atoms with Gasteiger partial charge in [-0.3, -0.25) is 0 Å². The number of rotatable bonds is 5. The molecule has 0 saturated heterocycles. The predicted molar refractivity (Wildman–Crippen MR) is 60.2 cm³/mol. The van der Waals surface area contributed by atoms with Crippen molar-refractivity contribution in [1.82, 2.24) is 4.90 Å². The molecule has 0 aliphatic rings. The van der Waals surface area contributed by atoms with Gasteiger partial charge in [0.25, 0.3) is 0 Å². The molecule has 13 heavy (non-hydrogen) atoms. The molecule has 0 aromatic carbocycles. The average molecular weight is 189 g/mol. The zero-order valence-electron chi connectivity index (χ0n) is 10.4. The Labute approximate surface area is 84.3 Å². The van der Waals surface area contributed by atoms with E-state index in [-0.39, 0.29) is 0 Å². The minimum absolute atomic E-state index is 0.338. The second-order valence-corrected chi connectivity index (χ2v) is 2.97. The molecule has 82 valence electrons. The maximum absolute atomic E-state index is 5.48. The first-order valence-corrected chi connectivity index (χ1v) is 5.45. The number of likely N-dealkylation sites (N-methyl/N-ethyl adjacent to an activating group) is 1. The fourth-order valence-electron chi connectivity index (χ4n) is 1.05. The van der Waals surface area contributed by atoms with Crippen LogP contribution < -0.4 is 0 Å². The third-order valence-electron chi connectivity index (χ3n) is 2.30. The Hall–Kier alpha value is -0.0800. The van der Waals surface area contributed by atoms with Crippen molar-refractivity contribution >= 4 is 0 Å². The molecule has 2 unspecified atom stereocenters. The lowest BCUT2D eigenvalue weighted by Crippen LogP contribution is -2.38. The monoisotopic (exact) mass is 189 g/mol. The molecular weight excluding hydrogens is 162 g/mol. The average Bonchev–Trinajstić information content (AvgIpc) is 2.19. The predicted octanol–water partition coefficient (Wildman–Crippen LogP) is 2.78. The summed E-state index contributed by atoms with van der Waals surface area (Å²) in [5.41, 5.74) is 0. The molecule has 0 heterocycles. The molecule has 0 aliphatic heterocycles. The summed E-state index contributed by atoms with van der Waals surface area (Å²) >= 11 is 0. The van der Waals surface area contributed by atoms with Crippen LogP contribution in [0.2, 0.25) is 0 Å². The number of ether oxygens (including phenoxy) is 1. The number of nitrogens with zero attached hydrogens (tertiary/aromatic N) is 1. The van der Waals surface area contributed by atoms with Gasteiger partial charge < -0.3 is 9.64 Å². The van der Waals surface area contributed by atoms with Crippen LogP contribution in [0.5, 0.6) is 0 Å². The summed E-state index contributed by atoms with van der Waals surface area (Å²) in [4.78, 5) is 2.29. The van der Waals surface area contributed by atoms with Crippen LogP contribution in [-0.2, 0) is 4.74 Å². The largest absolute Gasteiger partial charge is 0.377 e. The zero-order valence-corrected chi connectivity index (χ0v) is 10.4. The fourth-order valence-corrected chi connectivity index (χ4v) is 1.05. The van der Waals surface area contributed by atoms with Gasteiger partial charge in [0.2, 0.25) is 0 Å². The van der Waals surface area contributed by atoms with Crippen molar-refractivity contribution in [2.24, 2.45) is 0 Å². The quantitative estimate of drug-likeness (QED) is 0.659. The van der Waals surface area contributed by atoms with Crippen LogP contribution in [0.3, 0.4) is 0 Å². The third-order valence-corrected chi connectivity index (χ3v) is 2.30. The molecule has 0 rings (SSSR count). The van der Waals surface area contributed by atoms with Gasteiger partial charge in [-0.2, -0.15) is 0 Å². The topological polar surface area (TPSA) is 12.5 Å². The molecule has 0 radical (unpaired) electrons. The minimum atomic E-state index is 0.338. The van der Waals surface area contributed by atoms with Gasteiger partial charge in [0, 0.05) is 12.6 Å². The zero-order chi connectivity index (χ0) is 10.9. The van der Waals surface area contributed by atoms with E-state index >= 15 is 0 Å². The van der Waals surface area contributed by atoms with E-state index in [1.54, 1.807) is 0 Å². The van der Waals surface area contributed by atoms with Gasteiger partial charge in [-0.05, 0) is 34.4 Å². The summed E-state index contributed by atoms with van der Waals surface area (Å²) in [7, 11) is 2.13. The first-order chi connectivity index (χ1) is 6.13. The lowest BCUT2D eigenvalue weighted by atomic mass is 10.2. The van der Waals surface area contributed by atoms with Gasteiger partial charge >= 0.3 is 0 Å². The molecule has 2 atom stereocenters. The van der Waals surface area contributed by atoms with Crippen LogP contribution in [-0.4, -0.2) is 37.2 Å². The molecule has 2 nitrogen and oxygen atoms in total. The molecule has 0 N–H and O–H groups in total. The van der Waals surface area contributed by atoms with Crippen LogP contribution in [0, 0.1) is 0 Å². The first kappa shape index (κ1) is 15.4. The Morgan fingerprint density at radius 1 is 1.15 bits per heavy atom. The van der Waals surface area contributed by atoms with Gasteiger partial charge in [-0.15, -0.1) is 0 Å². The summed E-state index contributed by atoms with van der Waals surface area (Å²) < 4.78 is 5.48. The van der Waals surface area contributed by atoms with E-state index in [0.29, 0.717) is 12.1 Å². The maximum atomic E-state index is 5.48. The Balaban J connectivity index is 0. The molecular formula is C11H27NO. The van der Waals surface area contributed by atoms with E-state index in [1.807, 2.05) is 20.8 Å². The van der Waals surface area contributed by atoms with Crippen molar-refractivity contribution < 1.29 is 4.74 Å². The van der Waals surface area contributed by atoms with E-state index < -0.39 is 0 Å². The maximum Gasteiger partial charge on any atom is 0.0699 e. The number of hydrogen-bond acceptors (Lipinski definition) is 2. The van der Waals surface area contributed by atoms with E-state index in [2.05, 4.69) is 32.7 Å². The molecule has 0 fully saturated rings. The van der Waals surface area contributed by atoms with Gasteiger partial charge in [-0.25, -0.2) is 0 Å². The highest BCUT2D eigenvalue weighted by Gasteiger charge is 2.14. The highest BCUT2D eigenvalue weighted by atomic mass is 16.5. The summed E-state index contributed by atoms with van der Waals surface area (Å²) in [6.45, 7) is 14.4. The lowest BCUT2D eigenvalue weighted by Gasteiger charge is -2.28. The van der Waals surface area contributed by atoms with Gasteiger partial charge in [0.05, 0.1) is 6.10 Å². The van der Waals surface area contributed by atoms with Crippen LogP contribution in [0.1, 0.15) is 41.5 Å². The van der Waals surface area contributed by atoms with Crippen molar-refractivity contribution in [1.29, 1.82) is 0 Å². The van der Waals surface area contributed by atoms with Crippen LogP contribution in [0.15, 0.2) is 0 Å². The van der Waals surface area contributed by atoms with E-state index in [4.69, 9.17) is 4.74 Å².